The van der Waals surface area contributed by atoms with Crippen molar-refractivity contribution in [3.8, 4) is 0 Å². The van der Waals surface area contributed by atoms with Crippen molar-refractivity contribution in [2.45, 2.75) is 13.3 Å². The van der Waals surface area contributed by atoms with Crippen LogP contribution in [0.2, 0.25) is 0 Å². The summed E-state index contributed by atoms with van der Waals surface area (Å²) in [5.74, 6) is 0. The number of nitrogen functional groups attached to an aromatic ring is 1. The highest BCUT2D eigenvalue weighted by molar-refractivity contribution is 5.40. The van der Waals surface area contributed by atoms with Crippen molar-refractivity contribution in [3.63, 3.8) is 0 Å². The van der Waals surface area contributed by atoms with E-state index in [-0.39, 0.29) is 0 Å². The number of hydrogen-bond donors (Lipinski definition) is 1. The van der Waals surface area contributed by atoms with E-state index in [0.29, 0.717) is 0 Å². The van der Waals surface area contributed by atoms with Crippen LogP contribution < -0.4 is 5.73 Å². The summed E-state index contributed by atoms with van der Waals surface area (Å²) in [5, 5.41) is 0. The molecule has 0 spiro atoms. The third kappa shape index (κ3) is 4.66. The molecule has 2 heteroatoms. The molecule has 2 N–H and O–H groups in total. The maximum absolute atomic E-state index is 5.72. The fraction of sp³-hybridized carbons (Fsp3) is 0.385. The highest BCUT2D eigenvalue weighted by Gasteiger charge is 1.99. The Kier molecular flexibility index (Phi) is 4.37. The lowest BCUT2D eigenvalue weighted by atomic mass is 10.1. The minimum absolute atomic E-state index is 0.843. The van der Waals surface area contributed by atoms with Gasteiger partial charge in [-0.3, -0.25) is 0 Å². The molecule has 1 aromatic carbocycles. The van der Waals surface area contributed by atoms with E-state index in [1.807, 2.05) is 18.2 Å². The monoisotopic (exact) mass is 204 g/mol. The van der Waals surface area contributed by atoms with Crippen LogP contribution in [0.4, 0.5) is 5.69 Å². The molecule has 1 aromatic rings. The van der Waals surface area contributed by atoms with Gasteiger partial charge in [0.05, 0.1) is 0 Å². The summed E-state index contributed by atoms with van der Waals surface area (Å²) in [6.07, 6.45) is 1.04. The third-order valence-corrected chi connectivity index (χ3v) is 2.27. The van der Waals surface area contributed by atoms with Crippen molar-refractivity contribution >= 4 is 5.69 Å². The van der Waals surface area contributed by atoms with Crippen LogP contribution in [0.1, 0.15) is 12.5 Å². The van der Waals surface area contributed by atoms with Crippen LogP contribution in [0.3, 0.4) is 0 Å². The minimum Gasteiger partial charge on any atom is -0.399 e. The molecule has 0 unspecified atom stereocenters. The number of hydrogen-bond acceptors (Lipinski definition) is 2. The second kappa shape index (κ2) is 5.56. The van der Waals surface area contributed by atoms with E-state index < -0.39 is 0 Å². The lowest BCUT2D eigenvalue weighted by molar-refractivity contribution is 0.367. The summed E-state index contributed by atoms with van der Waals surface area (Å²) < 4.78 is 0. The van der Waals surface area contributed by atoms with Crippen molar-refractivity contribution in [2.24, 2.45) is 0 Å². The lowest BCUT2D eigenvalue weighted by Crippen LogP contribution is -2.22. The van der Waals surface area contributed by atoms with Gasteiger partial charge in [-0.2, -0.15) is 0 Å². The van der Waals surface area contributed by atoms with Crippen molar-refractivity contribution in [3.05, 3.63) is 42.0 Å². The van der Waals surface area contributed by atoms with E-state index in [1.54, 1.807) is 0 Å². The first-order chi connectivity index (χ1) is 7.08. The van der Waals surface area contributed by atoms with Crippen LogP contribution in [0.15, 0.2) is 36.4 Å². The highest BCUT2D eigenvalue weighted by Crippen LogP contribution is 2.07. The zero-order chi connectivity index (χ0) is 11.3. The van der Waals surface area contributed by atoms with Gasteiger partial charge in [0.1, 0.15) is 0 Å². The Morgan fingerprint density at radius 2 is 2.20 bits per heavy atom. The van der Waals surface area contributed by atoms with Gasteiger partial charge in [0, 0.05) is 18.8 Å². The molecule has 15 heavy (non-hydrogen) atoms. The zero-order valence-corrected chi connectivity index (χ0v) is 9.66. The predicted molar refractivity (Wildman–Crippen MR) is 66.9 cm³/mol. The molecule has 2 nitrogen and oxygen atoms in total. The van der Waals surface area contributed by atoms with Gasteiger partial charge in [0.2, 0.25) is 0 Å². The van der Waals surface area contributed by atoms with Crippen LogP contribution >= 0.6 is 0 Å². The Labute approximate surface area is 92.4 Å². The number of benzene rings is 1. The smallest absolute Gasteiger partial charge is 0.0316 e. The summed E-state index contributed by atoms with van der Waals surface area (Å²) in [4.78, 5) is 2.27. The van der Waals surface area contributed by atoms with E-state index in [9.17, 15) is 0 Å². The molecule has 0 heterocycles. The molecule has 1 rings (SSSR count). The van der Waals surface area contributed by atoms with E-state index in [0.717, 1.165) is 25.2 Å². The standard InChI is InChI=1S/C13H20N2/c1-11(2)10-15(3)8-7-12-5-4-6-13(14)9-12/h4-6,9H,1,7-8,10,14H2,2-3H3. The Bertz CT molecular complexity index is 331. The first-order valence-corrected chi connectivity index (χ1v) is 5.25. The average molecular weight is 204 g/mol. The molecular weight excluding hydrogens is 184 g/mol. The molecule has 0 bridgehead atoms. The van der Waals surface area contributed by atoms with Gasteiger partial charge < -0.3 is 10.6 Å². The van der Waals surface area contributed by atoms with Gasteiger partial charge in [-0.15, -0.1) is 0 Å². The lowest BCUT2D eigenvalue weighted by Gasteiger charge is -2.16. The molecule has 0 amide bonds. The number of rotatable bonds is 5. The number of likely N-dealkylation sites (N-methyl/N-ethyl adjacent to an activating group) is 1. The van der Waals surface area contributed by atoms with Gasteiger partial charge in [-0.25, -0.2) is 0 Å². The quantitative estimate of drug-likeness (QED) is 0.589. The largest absolute Gasteiger partial charge is 0.399 e. The minimum atomic E-state index is 0.843. The Morgan fingerprint density at radius 1 is 1.47 bits per heavy atom. The zero-order valence-electron chi connectivity index (χ0n) is 9.66. The van der Waals surface area contributed by atoms with E-state index >= 15 is 0 Å². The van der Waals surface area contributed by atoms with Crippen molar-refractivity contribution in [2.75, 3.05) is 25.9 Å². The van der Waals surface area contributed by atoms with E-state index in [1.165, 1.54) is 11.1 Å². The predicted octanol–water partition coefficient (Wildman–Crippen LogP) is 2.32. The molecule has 0 saturated heterocycles. The molecule has 0 radical (unpaired) electrons. The van der Waals surface area contributed by atoms with E-state index in [2.05, 4.69) is 31.5 Å². The maximum atomic E-state index is 5.72. The van der Waals surface area contributed by atoms with Crippen LogP contribution in [0.25, 0.3) is 0 Å². The number of nitrogens with zero attached hydrogens (tertiary/aromatic N) is 1. The number of anilines is 1. The third-order valence-electron chi connectivity index (χ3n) is 2.27. The molecule has 0 saturated carbocycles. The number of nitrogens with two attached hydrogens (primary N) is 1. The van der Waals surface area contributed by atoms with Crippen molar-refractivity contribution < 1.29 is 0 Å². The maximum Gasteiger partial charge on any atom is 0.0316 e. The summed E-state index contributed by atoms with van der Waals surface area (Å²) in [7, 11) is 2.11. The van der Waals surface area contributed by atoms with Crippen LogP contribution in [0, 0.1) is 0 Å². The second-order valence-electron chi connectivity index (χ2n) is 4.19. The fourth-order valence-corrected chi connectivity index (χ4v) is 1.61. The van der Waals surface area contributed by atoms with Gasteiger partial charge >= 0.3 is 0 Å². The van der Waals surface area contributed by atoms with E-state index in [4.69, 9.17) is 5.73 Å². The first-order valence-electron chi connectivity index (χ1n) is 5.25. The normalized spacial score (nSPS) is 10.6. The highest BCUT2D eigenvalue weighted by atomic mass is 15.1. The van der Waals surface area contributed by atoms with Crippen molar-refractivity contribution in [1.29, 1.82) is 0 Å². The Balaban J connectivity index is 2.40. The SMILES string of the molecule is C=C(C)CN(C)CCc1cccc(N)c1. The topological polar surface area (TPSA) is 29.3 Å². The van der Waals surface area contributed by atoms with Crippen LogP contribution in [0.5, 0.6) is 0 Å². The average Bonchev–Trinajstić information content (AvgIpc) is 2.14. The summed E-state index contributed by atoms with van der Waals surface area (Å²) in [5.41, 5.74) is 9.05. The van der Waals surface area contributed by atoms with Gasteiger partial charge in [0.15, 0.2) is 0 Å². The molecule has 82 valence electrons. The molecule has 0 aromatic heterocycles. The van der Waals surface area contributed by atoms with Crippen LogP contribution in [-0.2, 0) is 6.42 Å². The molecule has 0 aliphatic rings. The molecule has 0 fully saturated rings. The second-order valence-corrected chi connectivity index (χ2v) is 4.19. The Morgan fingerprint density at radius 3 is 2.80 bits per heavy atom. The molecule has 0 aliphatic heterocycles. The van der Waals surface area contributed by atoms with Gasteiger partial charge in [-0.05, 0) is 38.1 Å². The van der Waals surface area contributed by atoms with Crippen LogP contribution in [-0.4, -0.2) is 25.0 Å². The molecule has 0 aliphatic carbocycles. The van der Waals surface area contributed by atoms with Gasteiger partial charge in [0.25, 0.3) is 0 Å². The first kappa shape index (κ1) is 11.8. The molecular formula is C13H20N2. The summed E-state index contributed by atoms with van der Waals surface area (Å²) >= 11 is 0. The van der Waals surface area contributed by atoms with Gasteiger partial charge in [-0.1, -0.05) is 24.3 Å². The summed E-state index contributed by atoms with van der Waals surface area (Å²) in [6, 6.07) is 8.07. The fourth-order valence-electron chi connectivity index (χ4n) is 1.61. The molecule has 0 atom stereocenters. The Hall–Kier alpha value is -1.28. The van der Waals surface area contributed by atoms with Crippen molar-refractivity contribution in [1.82, 2.24) is 4.90 Å². The summed E-state index contributed by atoms with van der Waals surface area (Å²) in [6.45, 7) is 7.95.